The summed E-state index contributed by atoms with van der Waals surface area (Å²) in [4.78, 5) is 38.9. The first-order chi connectivity index (χ1) is 17.1. The molecule has 1 aromatic heterocycles. The van der Waals surface area contributed by atoms with Gasteiger partial charge >= 0.3 is 5.97 Å². The molecule has 10 nitrogen and oxygen atoms in total. The van der Waals surface area contributed by atoms with Crippen molar-refractivity contribution in [3.8, 4) is 6.07 Å². The molecule has 1 saturated heterocycles. The van der Waals surface area contributed by atoms with Gasteiger partial charge in [0.15, 0.2) is 0 Å². The number of esters is 1. The summed E-state index contributed by atoms with van der Waals surface area (Å²) >= 11 is 1.28. The summed E-state index contributed by atoms with van der Waals surface area (Å²) in [5.74, 6) is -1.14. The van der Waals surface area contributed by atoms with E-state index in [9.17, 15) is 28.1 Å². The van der Waals surface area contributed by atoms with E-state index in [2.05, 4.69) is 11.4 Å². The number of nitrogens with one attached hydrogen (secondary N) is 1. The highest BCUT2D eigenvalue weighted by Gasteiger charge is 2.33. The molecule has 190 valence electrons. The van der Waals surface area contributed by atoms with Crippen molar-refractivity contribution in [2.45, 2.75) is 37.6 Å². The number of sulfonamides is 1. The van der Waals surface area contributed by atoms with Crippen LogP contribution >= 0.6 is 11.3 Å². The number of nitriles is 1. The van der Waals surface area contributed by atoms with Gasteiger partial charge in [-0.15, -0.1) is 11.3 Å². The van der Waals surface area contributed by atoms with E-state index >= 15 is 0 Å². The van der Waals surface area contributed by atoms with Crippen LogP contribution in [-0.4, -0.2) is 62.2 Å². The second kappa shape index (κ2) is 10.4. The number of anilines is 1. The van der Waals surface area contributed by atoms with Crippen LogP contribution in [0.1, 0.15) is 46.1 Å². The lowest BCUT2D eigenvalue weighted by atomic mass is 9.99. The molecule has 0 bridgehead atoms. The summed E-state index contributed by atoms with van der Waals surface area (Å²) in [6, 6.07) is 7.79. The molecule has 4 rings (SSSR count). The van der Waals surface area contributed by atoms with Crippen molar-refractivity contribution in [2.24, 2.45) is 5.92 Å². The van der Waals surface area contributed by atoms with E-state index in [0.29, 0.717) is 42.9 Å². The van der Waals surface area contributed by atoms with Crippen LogP contribution in [0.25, 0.3) is 0 Å². The Morgan fingerprint density at radius 3 is 2.39 bits per heavy atom. The SMILES string of the molecule is COC(=O)C1CCN(S(=O)(=O)c2ccc(C(=O)Nc3sc4c(c3C#N)CCN(C(C)=O)C4)cc2)CC1. The minimum Gasteiger partial charge on any atom is -0.469 e. The Balaban J connectivity index is 1.45. The number of carbonyl (C=O) groups is 3. The predicted molar refractivity (Wildman–Crippen MR) is 132 cm³/mol. The number of methoxy groups -OCH3 is 1. The zero-order valence-corrected chi connectivity index (χ0v) is 21.6. The van der Waals surface area contributed by atoms with Gasteiger partial charge in [0.25, 0.3) is 5.91 Å². The van der Waals surface area contributed by atoms with Gasteiger partial charge in [0.2, 0.25) is 15.9 Å². The Morgan fingerprint density at radius 2 is 1.81 bits per heavy atom. The highest BCUT2D eigenvalue weighted by molar-refractivity contribution is 7.89. The summed E-state index contributed by atoms with van der Waals surface area (Å²) in [6.45, 7) is 2.86. The molecule has 2 aliphatic heterocycles. The molecule has 1 aromatic carbocycles. The van der Waals surface area contributed by atoms with Crippen molar-refractivity contribution in [1.29, 1.82) is 5.26 Å². The summed E-state index contributed by atoms with van der Waals surface area (Å²) in [5.41, 5.74) is 1.51. The van der Waals surface area contributed by atoms with Crippen LogP contribution in [0.15, 0.2) is 29.2 Å². The highest BCUT2D eigenvalue weighted by atomic mass is 32.2. The third-order valence-corrected chi connectivity index (χ3v) is 9.63. The molecule has 0 saturated carbocycles. The third kappa shape index (κ3) is 5.00. The number of thiophene rings is 1. The lowest BCUT2D eigenvalue weighted by Crippen LogP contribution is -2.40. The van der Waals surface area contributed by atoms with Crippen molar-refractivity contribution >= 4 is 44.1 Å². The maximum Gasteiger partial charge on any atom is 0.308 e. The fourth-order valence-corrected chi connectivity index (χ4v) is 7.16. The van der Waals surface area contributed by atoms with E-state index in [4.69, 9.17) is 4.74 Å². The monoisotopic (exact) mass is 530 g/mol. The molecule has 36 heavy (non-hydrogen) atoms. The zero-order valence-electron chi connectivity index (χ0n) is 19.9. The van der Waals surface area contributed by atoms with Crippen molar-refractivity contribution in [2.75, 3.05) is 32.1 Å². The minimum absolute atomic E-state index is 0.0407. The number of hydrogen-bond acceptors (Lipinski definition) is 8. The maximum absolute atomic E-state index is 13.0. The van der Waals surface area contributed by atoms with Crippen molar-refractivity contribution in [3.63, 3.8) is 0 Å². The number of nitrogens with zero attached hydrogens (tertiary/aromatic N) is 3. The minimum atomic E-state index is -3.77. The Labute approximate surface area is 213 Å². The first kappa shape index (κ1) is 25.8. The first-order valence-corrected chi connectivity index (χ1v) is 13.7. The zero-order chi connectivity index (χ0) is 26.0. The maximum atomic E-state index is 13.0. The van der Waals surface area contributed by atoms with Gasteiger partial charge in [0.1, 0.15) is 11.1 Å². The second-order valence-electron chi connectivity index (χ2n) is 8.69. The van der Waals surface area contributed by atoms with E-state index in [1.165, 1.54) is 53.9 Å². The lowest BCUT2D eigenvalue weighted by Gasteiger charge is -2.29. The molecule has 0 radical (unpaired) electrons. The molecule has 0 unspecified atom stereocenters. The van der Waals surface area contributed by atoms with E-state index < -0.39 is 15.9 Å². The van der Waals surface area contributed by atoms with Gasteiger partial charge in [-0.1, -0.05) is 0 Å². The largest absolute Gasteiger partial charge is 0.469 e. The molecular formula is C24H26N4O6S2. The van der Waals surface area contributed by atoms with E-state index in [-0.39, 0.29) is 41.3 Å². The molecule has 0 atom stereocenters. The molecule has 0 aliphatic carbocycles. The van der Waals surface area contributed by atoms with Crippen LogP contribution in [0.3, 0.4) is 0 Å². The molecule has 12 heteroatoms. The standard InChI is InChI=1S/C24H26N4O6S2/c1-15(29)27-10-9-19-20(13-25)23(35-21(19)14-27)26-22(30)16-3-5-18(6-4-16)36(32,33)28-11-7-17(8-12-28)24(31)34-2/h3-6,17H,7-12,14H2,1-2H3,(H,26,30). The second-order valence-corrected chi connectivity index (χ2v) is 11.7. The Bertz CT molecular complexity index is 1340. The number of carbonyl (C=O) groups excluding carboxylic acids is 3. The number of rotatable bonds is 5. The third-order valence-electron chi connectivity index (χ3n) is 6.58. The van der Waals surface area contributed by atoms with Crippen molar-refractivity contribution < 1.29 is 27.5 Å². The number of ether oxygens (including phenoxy) is 1. The molecule has 1 fully saturated rings. The van der Waals surface area contributed by atoms with Crippen LogP contribution in [0.4, 0.5) is 5.00 Å². The number of amides is 2. The summed E-state index contributed by atoms with van der Waals surface area (Å²) in [5, 5.41) is 12.9. The van der Waals surface area contributed by atoms with Crippen LogP contribution in [-0.2, 0) is 37.3 Å². The molecule has 2 amide bonds. The van der Waals surface area contributed by atoms with Gasteiger partial charge in [-0.2, -0.15) is 9.57 Å². The number of benzene rings is 1. The van der Waals surface area contributed by atoms with Gasteiger partial charge in [-0.05, 0) is 49.1 Å². The van der Waals surface area contributed by atoms with Gasteiger partial charge in [-0.25, -0.2) is 8.42 Å². The van der Waals surface area contributed by atoms with E-state index in [1.54, 1.807) is 4.90 Å². The fourth-order valence-electron chi connectivity index (χ4n) is 4.48. The molecule has 0 spiro atoms. The molecule has 3 heterocycles. The molecule has 2 aromatic rings. The molecule has 1 N–H and O–H groups in total. The van der Waals surface area contributed by atoms with Crippen molar-refractivity contribution in [3.05, 3.63) is 45.8 Å². The van der Waals surface area contributed by atoms with Crippen LogP contribution in [0, 0.1) is 17.2 Å². The number of fused-ring (bicyclic) bond motifs is 1. The highest BCUT2D eigenvalue weighted by Crippen LogP contribution is 2.37. The Kier molecular flexibility index (Phi) is 7.44. The summed E-state index contributed by atoms with van der Waals surface area (Å²) < 4.78 is 32.1. The predicted octanol–water partition coefficient (Wildman–Crippen LogP) is 2.35. The first-order valence-electron chi connectivity index (χ1n) is 11.4. The smallest absolute Gasteiger partial charge is 0.308 e. The van der Waals surface area contributed by atoms with Gasteiger partial charge in [0, 0.05) is 37.0 Å². The van der Waals surface area contributed by atoms with Gasteiger partial charge < -0.3 is 15.0 Å². The average Bonchev–Trinajstić information content (AvgIpc) is 3.24. The van der Waals surface area contributed by atoms with Crippen LogP contribution in [0.5, 0.6) is 0 Å². The quantitative estimate of drug-likeness (QED) is 0.586. The Hall–Kier alpha value is -3.27. The number of hydrogen-bond donors (Lipinski definition) is 1. The Morgan fingerprint density at radius 1 is 1.14 bits per heavy atom. The van der Waals surface area contributed by atoms with E-state index in [0.717, 1.165) is 10.4 Å². The average molecular weight is 531 g/mol. The number of piperidine rings is 1. The normalized spacial score (nSPS) is 16.6. The lowest BCUT2D eigenvalue weighted by molar-refractivity contribution is -0.146. The van der Waals surface area contributed by atoms with Crippen LogP contribution < -0.4 is 5.32 Å². The van der Waals surface area contributed by atoms with Crippen LogP contribution in [0.2, 0.25) is 0 Å². The topological polar surface area (TPSA) is 137 Å². The summed E-state index contributed by atoms with van der Waals surface area (Å²) in [7, 11) is -2.45. The van der Waals surface area contributed by atoms with Crippen molar-refractivity contribution in [1.82, 2.24) is 9.21 Å². The summed E-state index contributed by atoms with van der Waals surface area (Å²) in [6.07, 6.45) is 1.33. The molecule has 2 aliphatic rings. The van der Waals surface area contributed by atoms with Gasteiger partial charge in [0.05, 0.1) is 30.0 Å². The van der Waals surface area contributed by atoms with E-state index in [1.807, 2.05) is 0 Å². The fraction of sp³-hybridized carbons (Fsp3) is 0.417. The molecular weight excluding hydrogens is 504 g/mol. The van der Waals surface area contributed by atoms with Gasteiger partial charge in [-0.3, -0.25) is 14.4 Å².